The van der Waals surface area contributed by atoms with Crippen molar-refractivity contribution in [1.29, 1.82) is 0 Å². The van der Waals surface area contributed by atoms with Gasteiger partial charge in [0.1, 0.15) is 0 Å². The maximum Gasteiger partial charge on any atom is 0.281 e. The smallest absolute Gasteiger partial charge is 0.281 e. The van der Waals surface area contributed by atoms with Gasteiger partial charge in [0.25, 0.3) is 11.8 Å². The highest BCUT2D eigenvalue weighted by Crippen LogP contribution is 2.33. The van der Waals surface area contributed by atoms with E-state index in [-0.39, 0.29) is 0 Å². The quantitative estimate of drug-likeness (QED) is 0.441. The van der Waals surface area contributed by atoms with Crippen LogP contribution in [-0.4, -0.2) is 16.9 Å². The van der Waals surface area contributed by atoms with Crippen LogP contribution < -0.4 is 10.4 Å². The molecule has 3 aromatic carbocycles. The average Bonchev–Trinajstić information content (AvgIpc) is 3.38. The van der Waals surface area contributed by atoms with Crippen LogP contribution in [0.2, 0.25) is 0 Å². The maximum atomic E-state index is 13.6. The molecular weight excluding hydrogens is 420 g/mol. The second kappa shape index (κ2) is 9.18. The highest BCUT2D eigenvalue weighted by molar-refractivity contribution is 7.10. The Morgan fingerprint density at radius 1 is 0.875 bits per heavy atom. The number of nitrogens with one attached hydrogen (secondary N) is 1. The van der Waals surface area contributed by atoms with Crippen LogP contribution in [0.4, 0.5) is 5.69 Å². The van der Waals surface area contributed by atoms with Crippen molar-refractivity contribution in [3.63, 3.8) is 0 Å². The fourth-order valence-corrected chi connectivity index (χ4v) is 4.28. The number of hydrazine groups is 1. The Bertz CT molecular complexity index is 1210. The van der Waals surface area contributed by atoms with Crippen molar-refractivity contribution in [3.8, 4) is 0 Å². The molecule has 1 heterocycles. The Balaban J connectivity index is 1.77. The molecule has 4 aromatic rings. The summed E-state index contributed by atoms with van der Waals surface area (Å²) >= 11 is 1.27. The average molecular weight is 443 g/mol. The molecule has 0 saturated carbocycles. The van der Waals surface area contributed by atoms with E-state index >= 15 is 0 Å². The van der Waals surface area contributed by atoms with Crippen LogP contribution in [0, 0.1) is 6.92 Å². The third kappa shape index (κ3) is 4.19. The van der Waals surface area contributed by atoms with E-state index in [4.69, 9.17) is 0 Å². The second-order valence-corrected chi connectivity index (χ2v) is 8.29. The molecule has 5 nitrogen and oxygen atoms in total. The summed E-state index contributed by atoms with van der Waals surface area (Å²) in [6.07, 6.45) is 0. The predicted octanol–water partition coefficient (Wildman–Crippen LogP) is 4.67. The highest BCUT2D eigenvalue weighted by atomic mass is 32.1. The molecule has 1 aromatic heterocycles. The first kappa shape index (κ1) is 21.5. The van der Waals surface area contributed by atoms with Crippen LogP contribution in [0.5, 0.6) is 0 Å². The minimum absolute atomic E-state index is 0.411. The number of hydrogen-bond donors (Lipinski definition) is 2. The van der Waals surface area contributed by atoms with E-state index in [1.165, 1.54) is 16.3 Å². The van der Waals surface area contributed by atoms with Gasteiger partial charge in [0.2, 0.25) is 5.60 Å². The molecule has 2 N–H and O–H groups in total. The summed E-state index contributed by atoms with van der Waals surface area (Å²) < 4.78 is 0. The standard InChI is InChI=1S/C26H22N2O3S/c1-19-10-8-15-22(18-19)28(24(29)20-11-4-2-5-12-20)27-25(30)26(31,23-16-9-17-32-23)21-13-6-3-7-14-21/h2-18,31H,1H3,(H,27,30)/t26-/m1/s1. The monoisotopic (exact) mass is 442 g/mol. The minimum atomic E-state index is -1.96. The Morgan fingerprint density at radius 3 is 2.19 bits per heavy atom. The SMILES string of the molecule is Cc1cccc(N(NC(=O)[C@@](O)(c2ccccc2)c2cccs2)C(=O)c2ccccc2)c1. The van der Waals surface area contributed by atoms with Gasteiger partial charge in [-0.1, -0.05) is 66.7 Å². The van der Waals surface area contributed by atoms with Crippen molar-refractivity contribution >= 4 is 28.8 Å². The molecule has 0 spiro atoms. The van der Waals surface area contributed by atoms with Crippen LogP contribution in [-0.2, 0) is 10.4 Å². The number of anilines is 1. The van der Waals surface area contributed by atoms with Crippen LogP contribution in [0.1, 0.15) is 26.4 Å². The molecule has 0 aliphatic carbocycles. The lowest BCUT2D eigenvalue weighted by Crippen LogP contribution is -2.54. The normalized spacial score (nSPS) is 12.6. The zero-order valence-electron chi connectivity index (χ0n) is 17.4. The lowest BCUT2D eigenvalue weighted by molar-refractivity contribution is -0.136. The molecule has 0 radical (unpaired) electrons. The number of nitrogens with zero attached hydrogens (tertiary/aromatic N) is 1. The summed E-state index contributed by atoms with van der Waals surface area (Å²) in [5, 5.41) is 14.7. The van der Waals surface area contributed by atoms with Crippen LogP contribution >= 0.6 is 11.3 Å². The number of amides is 2. The fraction of sp³-hybridized carbons (Fsp3) is 0.0769. The predicted molar refractivity (Wildman–Crippen MR) is 126 cm³/mol. The molecular formula is C26H22N2O3S. The number of benzene rings is 3. The van der Waals surface area contributed by atoms with E-state index in [1.807, 2.05) is 31.2 Å². The molecule has 4 rings (SSSR count). The van der Waals surface area contributed by atoms with E-state index in [0.29, 0.717) is 21.7 Å². The molecule has 0 unspecified atom stereocenters. The number of aryl methyl sites for hydroxylation is 1. The Kier molecular flexibility index (Phi) is 6.16. The second-order valence-electron chi connectivity index (χ2n) is 7.34. The molecule has 1 atom stereocenters. The van der Waals surface area contributed by atoms with Gasteiger partial charge >= 0.3 is 0 Å². The highest BCUT2D eigenvalue weighted by Gasteiger charge is 2.42. The number of aliphatic hydroxyl groups is 1. The summed E-state index contributed by atoms with van der Waals surface area (Å²) in [4.78, 5) is 27.5. The van der Waals surface area contributed by atoms with Gasteiger partial charge in [0.15, 0.2) is 0 Å². The zero-order chi connectivity index (χ0) is 22.6. The molecule has 0 saturated heterocycles. The molecule has 0 bridgehead atoms. The van der Waals surface area contributed by atoms with Crippen LogP contribution in [0.15, 0.2) is 102 Å². The number of carbonyl (C=O) groups excluding carboxylic acids is 2. The molecule has 0 aliphatic heterocycles. The molecule has 160 valence electrons. The largest absolute Gasteiger partial charge is 0.371 e. The molecule has 0 aliphatic rings. The van der Waals surface area contributed by atoms with E-state index in [2.05, 4.69) is 5.43 Å². The van der Waals surface area contributed by atoms with Gasteiger partial charge in [0, 0.05) is 5.56 Å². The first-order valence-electron chi connectivity index (χ1n) is 10.1. The number of carbonyl (C=O) groups is 2. The maximum absolute atomic E-state index is 13.6. The van der Waals surface area contributed by atoms with Gasteiger partial charge in [-0.3, -0.25) is 15.0 Å². The van der Waals surface area contributed by atoms with Crippen molar-refractivity contribution in [2.24, 2.45) is 0 Å². The minimum Gasteiger partial charge on any atom is -0.371 e. The topological polar surface area (TPSA) is 69.6 Å². The van der Waals surface area contributed by atoms with Gasteiger partial charge in [-0.05, 0) is 53.8 Å². The Morgan fingerprint density at radius 2 is 1.56 bits per heavy atom. The zero-order valence-corrected chi connectivity index (χ0v) is 18.3. The first-order valence-corrected chi connectivity index (χ1v) is 11.0. The Labute approximate surface area is 190 Å². The summed E-state index contributed by atoms with van der Waals surface area (Å²) in [6.45, 7) is 1.91. The summed E-state index contributed by atoms with van der Waals surface area (Å²) in [5.74, 6) is -1.14. The van der Waals surface area contributed by atoms with Gasteiger partial charge in [-0.15, -0.1) is 11.3 Å². The van der Waals surface area contributed by atoms with Gasteiger partial charge in [-0.25, -0.2) is 5.01 Å². The van der Waals surface area contributed by atoms with Gasteiger partial charge < -0.3 is 5.11 Å². The number of hydrogen-bond acceptors (Lipinski definition) is 4. The molecule has 32 heavy (non-hydrogen) atoms. The lowest BCUT2D eigenvalue weighted by Gasteiger charge is -2.31. The van der Waals surface area contributed by atoms with Crippen molar-refractivity contribution < 1.29 is 14.7 Å². The van der Waals surface area contributed by atoms with Crippen molar-refractivity contribution in [2.75, 3.05) is 5.01 Å². The summed E-state index contributed by atoms with van der Waals surface area (Å²) in [5.41, 5.74) is 2.97. The number of rotatable bonds is 5. The molecule has 0 fully saturated rings. The number of thiophene rings is 1. The summed E-state index contributed by atoms with van der Waals surface area (Å²) in [6, 6.07) is 28.1. The van der Waals surface area contributed by atoms with E-state index in [1.54, 1.807) is 78.2 Å². The van der Waals surface area contributed by atoms with E-state index in [0.717, 1.165) is 5.56 Å². The van der Waals surface area contributed by atoms with Crippen LogP contribution in [0.25, 0.3) is 0 Å². The fourth-order valence-electron chi connectivity index (χ4n) is 3.44. The van der Waals surface area contributed by atoms with Crippen LogP contribution in [0.3, 0.4) is 0 Å². The van der Waals surface area contributed by atoms with Gasteiger partial charge in [0.05, 0.1) is 10.6 Å². The third-order valence-corrected chi connectivity index (χ3v) is 6.07. The first-order chi connectivity index (χ1) is 15.5. The third-order valence-electron chi connectivity index (χ3n) is 5.09. The van der Waals surface area contributed by atoms with Crippen molar-refractivity contribution in [3.05, 3.63) is 124 Å². The van der Waals surface area contributed by atoms with Crippen molar-refractivity contribution in [2.45, 2.75) is 12.5 Å². The van der Waals surface area contributed by atoms with E-state index in [9.17, 15) is 14.7 Å². The molecule has 2 amide bonds. The Hall–Kier alpha value is -3.74. The van der Waals surface area contributed by atoms with E-state index < -0.39 is 17.4 Å². The molecule has 6 heteroatoms. The van der Waals surface area contributed by atoms with Crippen molar-refractivity contribution in [1.82, 2.24) is 5.43 Å². The lowest BCUT2D eigenvalue weighted by atomic mass is 9.91. The summed E-state index contributed by atoms with van der Waals surface area (Å²) in [7, 11) is 0. The van der Waals surface area contributed by atoms with Gasteiger partial charge in [-0.2, -0.15) is 0 Å².